The normalized spacial score (nSPS) is 12.6. The van der Waals surface area contributed by atoms with Crippen LogP contribution < -0.4 is 5.32 Å². The molecule has 1 unspecified atom stereocenters. The molecule has 1 aromatic carbocycles. The van der Waals surface area contributed by atoms with Crippen molar-refractivity contribution < 1.29 is 13.2 Å². The summed E-state index contributed by atoms with van der Waals surface area (Å²) in [6.45, 7) is 2.55. The van der Waals surface area contributed by atoms with E-state index >= 15 is 0 Å². The summed E-state index contributed by atoms with van der Waals surface area (Å²) < 4.78 is 43.8. The van der Waals surface area contributed by atoms with Crippen molar-refractivity contribution in [2.45, 2.75) is 19.4 Å². The molecular formula is C12H12F3N3S. The van der Waals surface area contributed by atoms with E-state index in [1.54, 1.807) is 5.38 Å². The lowest BCUT2D eigenvalue weighted by Crippen LogP contribution is -2.25. The third kappa shape index (κ3) is 2.93. The first-order chi connectivity index (χ1) is 9.15. The van der Waals surface area contributed by atoms with E-state index in [0.29, 0.717) is 12.2 Å². The standard InChI is InChI=1S/C12H12F3N3S/c1-2-5-16-12(9-6-19-18-17-9)7-3-4-8(13)11(15)10(7)14/h3-4,6,12,16H,2,5H2,1H3. The van der Waals surface area contributed by atoms with Crippen molar-refractivity contribution in [1.82, 2.24) is 14.9 Å². The van der Waals surface area contributed by atoms with Gasteiger partial charge in [-0.3, -0.25) is 0 Å². The molecule has 0 fully saturated rings. The van der Waals surface area contributed by atoms with Crippen LogP contribution in [0.4, 0.5) is 13.2 Å². The highest BCUT2D eigenvalue weighted by atomic mass is 32.1. The van der Waals surface area contributed by atoms with Gasteiger partial charge in [0.2, 0.25) is 0 Å². The van der Waals surface area contributed by atoms with Crippen LogP contribution in [-0.2, 0) is 0 Å². The average Bonchev–Trinajstić information content (AvgIpc) is 2.92. The van der Waals surface area contributed by atoms with Crippen LogP contribution in [0.3, 0.4) is 0 Å². The summed E-state index contributed by atoms with van der Waals surface area (Å²) in [6, 6.07) is 1.50. The fourth-order valence-electron chi connectivity index (χ4n) is 1.72. The minimum absolute atomic E-state index is 0.0278. The summed E-state index contributed by atoms with van der Waals surface area (Å²) in [7, 11) is 0. The van der Waals surface area contributed by atoms with Gasteiger partial charge in [0.05, 0.1) is 11.7 Å². The Labute approximate surface area is 112 Å². The van der Waals surface area contributed by atoms with Crippen molar-refractivity contribution in [2.24, 2.45) is 0 Å². The summed E-state index contributed by atoms with van der Waals surface area (Å²) in [4.78, 5) is 0. The zero-order chi connectivity index (χ0) is 13.8. The SMILES string of the molecule is CCCNC(c1csnn1)c1ccc(F)c(F)c1F. The number of hydrogen-bond donors (Lipinski definition) is 1. The Kier molecular flexibility index (Phi) is 4.49. The summed E-state index contributed by atoms with van der Waals surface area (Å²) in [5.74, 6) is -3.86. The Morgan fingerprint density at radius 2 is 2.05 bits per heavy atom. The van der Waals surface area contributed by atoms with Crippen LogP contribution in [0, 0.1) is 17.5 Å². The van der Waals surface area contributed by atoms with Crippen molar-refractivity contribution >= 4 is 11.5 Å². The van der Waals surface area contributed by atoms with Gasteiger partial charge in [0.15, 0.2) is 17.5 Å². The molecule has 102 valence electrons. The minimum atomic E-state index is -1.47. The number of halogens is 3. The van der Waals surface area contributed by atoms with E-state index in [9.17, 15) is 13.2 Å². The maximum absolute atomic E-state index is 13.8. The number of hydrogen-bond acceptors (Lipinski definition) is 4. The molecule has 0 aliphatic rings. The molecule has 0 radical (unpaired) electrons. The highest BCUT2D eigenvalue weighted by Crippen LogP contribution is 2.26. The summed E-state index contributed by atoms with van der Waals surface area (Å²) in [5.41, 5.74) is 0.517. The average molecular weight is 287 g/mol. The van der Waals surface area contributed by atoms with Gasteiger partial charge in [-0.1, -0.05) is 17.5 Å². The van der Waals surface area contributed by atoms with Crippen molar-refractivity contribution in [3.63, 3.8) is 0 Å². The zero-order valence-electron chi connectivity index (χ0n) is 10.2. The first kappa shape index (κ1) is 14.0. The van der Waals surface area contributed by atoms with Crippen LogP contribution in [0.5, 0.6) is 0 Å². The fourth-order valence-corrected chi connectivity index (χ4v) is 2.20. The third-order valence-electron chi connectivity index (χ3n) is 2.65. The maximum atomic E-state index is 13.8. The number of rotatable bonds is 5. The van der Waals surface area contributed by atoms with Crippen LogP contribution >= 0.6 is 11.5 Å². The van der Waals surface area contributed by atoms with Crippen molar-refractivity contribution in [1.29, 1.82) is 0 Å². The van der Waals surface area contributed by atoms with Gasteiger partial charge < -0.3 is 5.32 Å². The van der Waals surface area contributed by atoms with Gasteiger partial charge in [-0.25, -0.2) is 13.2 Å². The molecule has 0 saturated heterocycles. The predicted molar refractivity (Wildman–Crippen MR) is 66.4 cm³/mol. The Bertz CT molecular complexity index is 545. The minimum Gasteiger partial charge on any atom is -0.305 e. The molecule has 0 bridgehead atoms. The number of benzene rings is 1. The topological polar surface area (TPSA) is 37.8 Å². The lowest BCUT2D eigenvalue weighted by atomic mass is 10.0. The second-order valence-electron chi connectivity index (χ2n) is 3.98. The largest absolute Gasteiger partial charge is 0.305 e. The Balaban J connectivity index is 2.41. The Morgan fingerprint density at radius 1 is 1.26 bits per heavy atom. The van der Waals surface area contributed by atoms with Crippen LogP contribution in [0.15, 0.2) is 17.5 Å². The molecule has 0 aliphatic heterocycles. The van der Waals surface area contributed by atoms with Gasteiger partial charge in [-0.05, 0) is 30.6 Å². The smallest absolute Gasteiger partial charge is 0.194 e. The lowest BCUT2D eigenvalue weighted by Gasteiger charge is -2.17. The Hall–Kier alpha value is -1.47. The molecule has 1 atom stereocenters. The van der Waals surface area contributed by atoms with E-state index in [4.69, 9.17) is 0 Å². The van der Waals surface area contributed by atoms with Crippen LogP contribution in [0.1, 0.15) is 30.6 Å². The third-order valence-corrected chi connectivity index (χ3v) is 3.17. The van der Waals surface area contributed by atoms with E-state index < -0.39 is 23.5 Å². The summed E-state index contributed by atoms with van der Waals surface area (Å²) in [5, 5.41) is 8.56. The second kappa shape index (κ2) is 6.12. The van der Waals surface area contributed by atoms with Crippen LogP contribution in [0.2, 0.25) is 0 Å². The first-order valence-corrected chi connectivity index (χ1v) is 6.62. The number of nitrogens with one attached hydrogen (secondary N) is 1. The quantitative estimate of drug-likeness (QED) is 0.859. The van der Waals surface area contributed by atoms with E-state index in [1.165, 1.54) is 6.07 Å². The molecular weight excluding hydrogens is 275 g/mol. The molecule has 7 heteroatoms. The molecule has 2 aromatic rings. The molecule has 19 heavy (non-hydrogen) atoms. The number of nitrogens with zero attached hydrogens (tertiary/aromatic N) is 2. The molecule has 0 aliphatic carbocycles. The van der Waals surface area contributed by atoms with Gasteiger partial charge in [0, 0.05) is 10.9 Å². The van der Waals surface area contributed by atoms with Gasteiger partial charge in [-0.2, -0.15) is 0 Å². The molecule has 1 aromatic heterocycles. The zero-order valence-corrected chi connectivity index (χ0v) is 11.0. The van der Waals surface area contributed by atoms with E-state index in [1.807, 2.05) is 6.92 Å². The molecule has 3 nitrogen and oxygen atoms in total. The second-order valence-corrected chi connectivity index (χ2v) is 4.59. The van der Waals surface area contributed by atoms with Crippen molar-refractivity contribution in [3.05, 3.63) is 46.2 Å². The predicted octanol–water partition coefficient (Wildman–Crippen LogP) is 3.04. The molecule has 2 rings (SSSR count). The Morgan fingerprint density at radius 3 is 2.68 bits per heavy atom. The van der Waals surface area contributed by atoms with E-state index in [0.717, 1.165) is 24.0 Å². The highest BCUT2D eigenvalue weighted by Gasteiger charge is 2.23. The van der Waals surface area contributed by atoms with Crippen molar-refractivity contribution in [3.8, 4) is 0 Å². The number of aromatic nitrogens is 2. The molecule has 1 N–H and O–H groups in total. The van der Waals surface area contributed by atoms with Crippen LogP contribution in [0.25, 0.3) is 0 Å². The van der Waals surface area contributed by atoms with Gasteiger partial charge >= 0.3 is 0 Å². The molecule has 1 heterocycles. The monoisotopic (exact) mass is 287 g/mol. The summed E-state index contributed by atoms with van der Waals surface area (Å²) >= 11 is 1.12. The van der Waals surface area contributed by atoms with E-state index in [-0.39, 0.29) is 5.56 Å². The molecule has 0 amide bonds. The van der Waals surface area contributed by atoms with Gasteiger partial charge in [0.25, 0.3) is 0 Å². The van der Waals surface area contributed by atoms with Crippen LogP contribution in [-0.4, -0.2) is 16.1 Å². The van der Waals surface area contributed by atoms with E-state index in [2.05, 4.69) is 14.9 Å². The fraction of sp³-hybridized carbons (Fsp3) is 0.333. The van der Waals surface area contributed by atoms with Crippen molar-refractivity contribution in [2.75, 3.05) is 6.54 Å². The summed E-state index contributed by atoms with van der Waals surface area (Å²) in [6.07, 6.45) is 0.819. The lowest BCUT2D eigenvalue weighted by molar-refractivity contribution is 0.431. The van der Waals surface area contributed by atoms with Gasteiger partial charge in [0.1, 0.15) is 0 Å². The van der Waals surface area contributed by atoms with Gasteiger partial charge in [-0.15, -0.1) is 5.10 Å². The highest BCUT2D eigenvalue weighted by molar-refractivity contribution is 7.03. The maximum Gasteiger partial charge on any atom is 0.194 e. The first-order valence-electron chi connectivity index (χ1n) is 5.78. The molecule has 0 saturated carbocycles. The molecule has 0 spiro atoms.